The Morgan fingerprint density at radius 3 is 2.88 bits per heavy atom. The summed E-state index contributed by atoms with van der Waals surface area (Å²) in [6, 6.07) is 9.72. The number of guanidine groups is 1. The highest BCUT2D eigenvalue weighted by molar-refractivity contribution is 6.00. The number of hydrogen-bond acceptors (Lipinski definition) is 4. The van der Waals surface area contributed by atoms with E-state index in [-0.39, 0.29) is 17.7 Å². The second-order valence-electron chi connectivity index (χ2n) is 6.06. The minimum atomic E-state index is -0.361. The van der Waals surface area contributed by atoms with Crippen LogP contribution in [0.5, 0.6) is 0 Å². The van der Waals surface area contributed by atoms with Crippen LogP contribution < -0.4 is 11.1 Å². The number of nitrogens with two attached hydrogens (primary N) is 1. The molecule has 0 fully saturated rings. The standard InChI is InChI=1S/C20H22N4O2/c21-20(22)23-10-5-11-24-12-13-26-18(14-24)16-8-4-9-17(25)19(16)15-6-2-1-3-7-15/h1-4,6-9,12-14,19H,5,10-11H2,(H4,21,22,23). The molecule has 134 valence electrons. The maximum atomic E-state index is 12.5. The van der Waals surface area contributed by atoms with Gasteiger partial charge in [0.05, 0.1) is 5.92 Å². The number of nitrogens with one attached hydrogen (secondary N) is 2. The Balaban J connectivity index is 1.75. The highest BCUT2D eigenvalue weighted by Crippen LogP contribution is 2.35. The first-order chi connectivity index (χ1) is 12.6. The molecular weight excluding hydrogens is 328 g/mol. The Morgan fingerprint density at radius 2 is 2.12 bits per heavy atom. The molecule has 1 heterocycles. The minimum Gasteiger partial charge on any atom is -0.462 e. The molecule has 1 aromatic rings. The van der Waals surface area contributed by atoms with Crippen molar-refractivity contribution in [3.05, 3.63) is 84.1 Å². The number of benzene rings is 1. The zero-order valence-electron chi connectivity index (χ0n) is 14.4. The Bertz CT molecular complexity index is 793. The lowest BCUT2D eigenvalue weighted by Crippen LogP contribution is -2.32. The summed E-state index contributed by atoms with van der Waals surface area (Å²) in [5.74, 6) is 0.325. The maximum absolute atomic E-state index is 12.5. The van der Waals surface area contributed by atoms with E-state index >= 15 is 0 Å². The molecule has 6 nitrogen and oxygen atoms in total. The fraction of sp³-hybridized carbons (Fsp3) is 0.200. The molecule has 0 aromatic heterocycles. The summed E-state index contributed by atoms with van der Waals surface area (Å²) in [4.78, 5) is 14.5. The lowest BCUT2D eigenvalue weighted by molar-refractivity contribution is -0.115. The quantitative estimate of drug-likeness (QED) is 0.416. The second kappa shape index (κ2) is 8.20. The van der Waals surface area contributed by atoms with Crippen molar-refractivity contribution in [3.8, 4) is 0 Å². The largest absolute Gasteiger partial charge is 0.462 e. The number of hydrogen-bond donors (Lipinski definition) is 3. The molecule has 1 unspecified atom stereocenters. The summed E-state index contributed by atoms with van der Waals surface area (Å²) >= 11 is 0. The van der Waals surface area contributed by atoms with Crippen molar-refractivity contribution < 1.29 is 9.53 Å². The molecule has 0 spiro atoms. The van der Waals surface area contributed by atoms with Crippen LogP contribution in [-0.2, 0) is 9.53 Å². The van der Waals surface area contributed by atoms with Crippen LogP contribution in [0.25, 0.3) is 0 Å². The summed E-state index contributed by atoms with van der Waals surface area (Å²) in [6.07, 6.45) is 11.5. The van der Waals surface area contributed by atoms with Gasteiger partial charge in [0.2, 0.25) is 0 Å². The molecule has 0 amide bonds. The number of nitrogens with zero attached hydrogens (tertiary/aromatic N) is 1. The number of rotatable bonds is 6. The van der Waals surface area contributed by atoms with Crippen LogP contribution in [0.2, 0.25) is 0 Å². The second-order valence-corrected chi connectivity index (χ2v) is 6.06. The predicted molar refractivity (Wildman–Crippen MR) is 101 cm³/mol. The van der Waals surface area contributed by atoms with Gasteiger partial charge in [-0.05, 0) is 18.1 Å². The van der Waals surface area contributed by atoms with Gasteiger partial charge in [-0.1, -0.05) is 42.5 Å². The molecule has 0 saturated heterocycles. The summed E-state index contributed by atoms with van der Waals surface area (Å²) in [6.45, 7) is 1.37. The van der Waals surface area contributed by atoms with Crippen LogP contribution in [0.4, 0.5) is 0 Å². The fourth-order valence-corrected chi connectivity index (χ4v) is 2.98. The third-order valence-corrected chi connectivity index (χ3v) is 4.19. The monoisotopic (exact) mass is 350 g/mol. The lowest BCUT2D eigenvalue weighted by atomic mass is 9.83. The average Bonchev–Trinajstić information content (AvgIpc) is 2.66. The van der Waals surface area contributed by atoms with E-state index in [9.17, 15) is 4.79 Å². The SMILES string of the molecule is N=C(N)NCCCN1C=COC(C2=CC=CC(=O)C2c2ccccc2)=C1. The van der Waals surface area contributed by atoms with Crippen LogP contribution in [0.3, 0.4) is 0 Å². The number of carbonyl (C=O) groups excluding carboxylic acids is 1. The normalized spacial score (nSPS) is 18.8. The molecule has 1 atom stereocenters. The molecule has 0 saturated carbocycles. The van der Waals surface area contributed by atoms with Crippen molar-refractivity contribution in [1.82, 2.24) is 10.2 Å². The van der Waals surface area contributed by atoms with E-state index < -0.39 is 0 Å². The zero-order valence-corrected chi connectivity index (χ0v) is 14.4. The first kappa shape index (κ1) is 17.5. The molecule has 1 aromatic carbocycles. The summed E-state index contributed by atoms with van der Waals surface area (Å²) in [7, 11) is 0. The molecule has 2 aliphatic rings. The molecule has 4 N–H and O–H groups in total. The Kier molecular flexibility index (Phi) is 5.53. The molecule has 1 aliphatic heterocycles. The first-order valence-electron chi connectivity index (χ1n) is 8.51. The van der Waals surface area contributed by atoms with Crippen LogP contribution in [0.15, 0.2) is 78.6 Å². The van der Waals surface area contributed by atoms with Gasteiger partial charge in [-0.15, -0.1) is 0 Å². The van der Waals surface area contributed by atoms with Crippen molar-refractivity contribution in [1.29, 1.82) is 5.41 Å². The van der Waals surface area contributed by atoms with Gasteiger partial charge in [0.1, 0.15) is 12.0 Å². The van der Waals surface area contributed by atoms with E-state index in [1.807, 2.05) is 53.7 Å². The topological polar surface area (TPSA) is 91.4 Å². The van der Waals surface area contributed by atoms with Crippen LogP contribution in [0, 0.1) is 5.41 Å². The van der Waals surface area contributed by atoms with Crippen LogP contribution in [0.1, 0.15) is 17.9 Å². The maximum Gasteiger partial charge on any atom is 0.185 e. The van der Waals surface area contributed by atoms with E-state index in [1.54, 1.807) is 18.4 Å². The Morgan fingerprint density at radius 1 is 1.31 bits per heavy atom. The van der Waals surface area contributed by atoms with Gasteiger partial charge in [0.15, 0.2) is 11.7 Å². The number of ether oxygens (including phenoxy) is 1. The van der Waals surface area contributed by atoms with Gasteiger partial charge in [0.25, 0.3) is 0 Å². The summed E-state index contributed by atoms with van der Waals surface area (Å²) in [5.41, 5.74) is 7.08. The van der Waals surface area contributed by atoms with Gasteiger partial charge >= 0.3 is 0 Å². The minimum absolute atomic E-state index is 0.0258. The third-order valence-electron chi connectivity index (χ3n) is 4.19. The zero-order chi connectivity index (χ0) is 18.4. The number of carbonyl (C=O) groups is 1. The van der Waals surface area contributed by atoms with Gasteiger partial charge in [0, 0.05) is 31.1 Å². The molecule has 6 heteroatoms. The van der Waals surface area contributed by atoms with E-state index in [1.165, 1.54) is 0 Å². The third kappa shape index (κ3) is 4.22. The summed E-state index contributed by atoms with van der Waals surface area (Å²) < 4.78 is 5.71. The van der Waals surface area contributed by atoms with Gasteiger partial charge in [-0.2, -0.15) is 0 Å². The van der Waals surface area contributed by atoms with Crippen molar-refractivity contribution in [2.75, 3.05) is 13.1 Å². The highest BCUT2D eigenvalue weighted by Gasteiger charge is 2.29. The molecule has 26 heavy (non-hydrogen) atoms. The fourth-order valence-electron chi connectivity index (χ4n) is 2.98. The van der Waals surface area contributed by atoms with Crippen LogP contribution >= 0.6 is 0 Å². The van der Waals surface area contributed by atoms with Gasteiger partial charge in [-0.3, -0.25) is 10.2 Å². The van der Waals surface area contributed by atoms with Crippen molar-refractivity contribution in [2.24, 2.45) is 5.73 Å². The first-order valence-corrected chi connectivity index (χ1v) is 8.51. The lowest BCUT2D eigenvalue weighted by Gasteiger charge is -2.27. The number of ketones is 1. The summed E-state index contributed by atoms with van der Waals surface area (Å²) in [5, 5.41) is 9.95. The number of allylic oxidation sites excluding steroid dienone is 4. The van der Waals surface area contributed by atoms with Crippen LogP contribution in [-0.4, -0.2) is 29.7 Å². The Labute approximate surface area is 152 Å². The van der Waals surface area contributed by atoms with Gasteiger partial charge < -0.3 is 20.7 Å². The van der Waals surface area contributed by atoms with Crippen molar-refractivity contribution in [3.63, 3.8) is 0 Å². The molecule has 3 rings (SSSR count). The van der Waals surface area contributed by atoms with Gasteiger partial charge in [-0.25, -0.2) is 0 Å². The smallest absolute Gasteiger partial charge is 0.185 e. The molecular formula is C20H22N4O2. The highest BCUT2D eigenvalue weighted by atomic mass is 16.5. The predicted octanol–water partition coefficient (Wildman–Crippen LogP) is 2.35. The van der Waals surface area contributed by atoms with Crippen molar-refractivity contribution in [2.45, 2.75) is 12.3 Å². The average molecular weight is 350 g/mol. The van der Waals surface area contributed by atoms with E-state index in [2.05, 4.69) is 5.32 Å². The van der Waals surface area contributed by atoms with E-state index in [0.717, 1.165) is 24.1 Å². The molecule has 1 aliphatic carbocycles. The molecule has 0 bridgehead atoms. The van der Waals surface area contributed by atoms with E-state index in [0.29, 0.717) is 12.3 Å². The molecule has 0 radical (unpaired) electrons. The Hall–Kier alpha value is -3.28. The van der Waals surface area contributed by atoms with Crippen molar-refractivity contribution >= 4 is 11.7 Å². The van der Waals surface area contributed by atoms with E-state index in [4.69, 9.17) is 15.9 Å².